The van der Waals surface area contributed by atoms with Gasteiger partial charge in [-0.1, -0.05) is 76.4 Å². The molecule has 0 radical (unpaired) electrons. The molecule has 8 amide bonds. The predicted octanol–water partition coefficient (Wildman–Crippen LogP) is 7.49. The number of hydrogen-bond donors (Lipinski definition) is 4. The monoisotopic (exact) mass is 1800 g/mol. The lowest BCUT2D eigenvalue weighted by Gasteiger charge is -2.34. The van der Waals surface area contributed by atoms with Gasteiger partial charge < -0.3 is 92.3 Å². The van der Waals surface area contributed by atoms with Crippen molar-refractivity contribution >= 4 is 114 Å². The molecule has 38 heteroatoms. The maximum absolute atomic E-state index is 13.8. The zero-order valence-electron chi connectivity index (χ0n) is 105. The molecule has 9 aromatic heterocycles. The maximum Gasteiger partial charge on any atom is 0.295 e. The molecule has 130 heavy (non-hydrogen) atoms. The number of rotatable bonds is 20. The number of methoxy groups -OCH3 is 7. The number of carbonyl (C=O) groups excluding carboxylic acids is 12. The number of fused-ring (bicyclic) bond motifs is 4. The van der Waals surface area contributed by atoms with E-state index in [0.29, 0.717) is 16.7 Å². The van der Waals surface area contributed by atoms with E-state index >= 15 is 0 Å². The molecule has 4 N–H and O–H groups in total. The van der Waals surface area contributed by atoms with Crippen LogP contribution in [0.4, 0.5) is 0 Å². The fourth-order valence-corrected chi connectivity index (χ4v) is 12.6. The topological polar surface area (TPSA) is 441 Å². The lowest BCUT2D eigenvalue weighted by Crippen LogP contribution is -2.52. The van der Waals surface area contributed by atoms with Crippen LogP contribution >= 0.6 is 0 Å². The molecule has 17 rings (SSSR count). The van der Waals surface area contributed by atoms with E-state index in [1.807, 2.05) is 0 Å². The number of Topliss-reactive ketones (excluding diaryl/α,β-unsaturated/α-hetero) is 4. The van der Waals surface area contributed by atoms with Gasteiger partial charge in [0, 0.05) is 151 Å². The van der Waals surface area contributed by atoms with Gasteiger partial charge in [-0.05, 0) is 69.2 Å². The lowest BCUT2D eigenvalue weighted by molar-refractivity contribution is -0.128. The van der Waals surface area contributed by atoms with Crippen LogP contribution in [0.3, 0.4) is 0 Å². The number of ether oxygens (including phenoxy) is 7. The van der Waals surface area contributed by atoms with E-state index in [1.165, 1.54) is 153 Å². The van der Waals surface area contributed by atoms with Crippen LogP contribution in [0.25, 0.3) is 49.4 Å². The first-order valence-corrected chi connectivity index (χ1v) is 37.7. The summed E-state index contributed by atoms with van der Waals surface area (Å²) in [4.78, 5) is 188. The number of aromatic nitrogens is 11. The summed E-state index contributed by atoms with van der Waals surface area (Å²) in [7, 11) is 9.11. The van der Waals surface area contributed by atoms with Crippen molar-refractivity contribution in [3.8, 4) is 46.5 Å². The fourth-order valence-electron chi connectivity index (χ4n) is 12.6. The molecule has 4 saturated heterocycles. The highest BCUT2D eigenvalue weighted by Gasteiger charge is 2.38. The van der Waals surface area contributed by atoms with Crippen LogP contribution in [0, 0.1) is 20.8 Å². The van der Waals surface area contributed by atoms with Gasteiger partial charge in [-0.2, -0.15) is 0 Å². The summed E-state index contributed by atoms with van der Waals surface area (Å²) in [6, 6.07) is -1.48. The molecule has 0 bridgehead atoms. The van der Waals surface area contributed by atoms with Gasteiger partial charge in [-0.25, -0.2) is 24.6 Å². The predicted molar refractivity (Wildman–Crippen MR) is 472 cm³/mol. The summed E-state index contributed by atoms with van der Waals surface area (Å²) < 4.78 is 338. The second kappa shape index (κ2) is 40.0. The van der Waals surface area contributed by atoms with Crippen LogP contribution in [0.1, 0.15) is 149 Å². The first-order chi connectivity index (χ1) is 77.0. The number of amides is 8. The molecule has 4 aromatic carbocycles. The molecule has 4 fully saturated rings. The summed E-state index contributed by atoms with van der Waals surface area (Å²) in [6.45, 7) is -42.4. The maximum atomic E-state index is 13.8. The van der Waals surface area contributed by atoms with Crippen LogP contribution in [0.2, 0.25) is 0 Å². The van der Waals surface area contributed by atoms with Crippen molar-refractivity contribution in [2.75, 3.05) is 154 Å². The fraction of sp³-hybridized carbons (Fsp3) is 0.283. The van der Waals surface area contributed by atoms with Crippen molar-refractivity contribution in [3.05, 3.63) is 226 Å². The summed E-state index contributed by atoms with van der Waals surface area (Å²) in [5.41, 5.74) is -3.73. The molecule has 4 aliphatic heterocycles. The molecule has 0 spiro atoms. The minimum Gasteiger partial charge on any atom is -0.494 e. The molecular formula is C92H93N19O19. The number of nitrogens with zero attached hydrogens (tertiary/aromatic N) is 15. The summed E-state index contributed by atoms with van der Waals surface area (Å²) in [6.07, 6.45) is 12.1. The highest BCUT2D eigenvalue weighted by atomic mass is 16.5. The Morgan fingerprint density at radius 2 is 0.608 bits per heavy atom. The minimum atomic E-state index is -3.99. The Kier molecular flexibility index (Phi) is 16.8. The number of ketones is 4. The zero-order valence-corrected chi connectivity index (χ0v) is 69.5. The third-order valence-electron chi connectivity index (χ3n) is 19.1. The average Bonchev–Trinajstić information content (AvgIpc) is 1.38. The van der Waals surface area contributed by atoms with E-state index in [-0.39, 0.29) is 150 Å². The summed E-state index contributed by atoms with van der Waals surface area (Å²) in [5, 5.41) is 7.69. The van der Waals surface area contributed by atoms with Crippen molar-refractivity contribution in [2.45, 2.75) is 20.8 Å². The Hall–Kier alpha value is -16.2. The quantitative estimate of drug-likeness (QED) is 0.0424. The van der Waals surface area contributed by atoms with Crippen LogP contribution in [0.5, 0.6) is 40.6 Å². The molecule has 4 aliphatic rings. The first-order valence-electron chi connectivity index (χ1n) is 55.7. The summed E-state index contributed by atoms with van der Waals surface area (Å²) >= 11 is 0. The highest BCUT2D eigenvalue weighted by molar-refractivity contribution is 6.47. The Bertz CT molecular complexity index is 8360. The largest absolute Gasteiger partial charge is 0.494 e. The molecular weight excluding hydrogens is 1680 g/mol. The van der Waals surface area contributed by atoms with Gasteiger partial charge in [0.2, 0.25) is 17.6 Å². The van der Waals surface area contributed by atoms with Crippen LogP contribution in [0.15, 0.2) is 165 Å². The Morgan fingerprint density at radius 1 is 0.331 bits per heavy atom. The number of pyridine rings is 4. The Labute approximate surface area is 793 Å². The second-order valence-corrected chi connectivity index (χ2v) is 26.8. The van der Waals surface area contributed by atoms with Crippen molar-refractivity contribution < 1.29 is 140 Å². The van der Waals surface area contributed by atoms with E-state index < -0.39 is 261 Å². The van der Waals surface area contributed by atoms with Gasteiger partial charge >= 0.3 is 0 Å². The molecule has 0 saturated carbocycles. The van der Waals surface area contributed by atoms with E-state index in [4.69, 9.17) is 82.5 Å². The third kappa shape index (κ3) is 18.7. The van der Waals surface area contributed by atoms with Crippen molar-refractivity contribution in [2.24, 2.45) is 0 Å². The van der Waals surface area contributed by atoms with E-state index in [2.05, 4.69) is 50.2 Å². The number of hydrogen-bond acceptors (Lipinski definition) is 25. The van der Waals surface area contributed by atoms with E-state index in [0.717, 1.165) is 24.8 Å². The average molecular weight is 1810 g/mol. The normalized spacial score (nSPS) is 22.5. The van der Waals surface area contributed by atoms with Crippen LogP contribution in [-0.2, 0) is 19.2 Å². The van der Waals surface area contributed by atoms with Crippen LogP contribution < -0.4 is 33.2 Å². The number of carbonyl (C=O) groups is 12. The molecule has 13 aromatic rings. The number of piperazine rings is 4. The zero-order chi connectivity index (χ0) is 124. The number of aromatic amines is 4. The molecule has 670 valence electrons. The van der Waals surface area contributed by atoms with Gasteiger partial charge in [0.1, 0.15) is 39.5 Å². The molecule has 13 heterocycles. The van der Waals surface area contributed by atoms with E-state index in [9.17, 15) is 57.5 Å². The standard InChI is InChI=1S/C24H23N7O4.2C23H24N4O5.C22H22N4O5/c1-15-3-5-16(6-4-15)23(33)29-9-11-30(12-10-29)24(34)21(32)17-13-25-20-19(17)18(35-2)14-26-22(20)31-8-7-27-28-31;2*1-14-4-6-15(7-5-14)22(29)26-8-10-27(11-9-26)23(30)20(28)16-12-24-19-18(16)17(31-2)13-25-21(19)32-3;1-30-16-13-24-20(31-2)18-17(16)15(12-23-18)19(27)22(29)26-10-8-25(9-11-26)21(28)14-6-4-3-5-7-14/h3-8,13-14,25H,9-12H2,1-2H3;2*4-7,12-13,24H,8-11H2,1-3H3;3-7,12-13,23H,8-11H2,1-2H3/i3D,4D,5D,6D,9D2,10D2,11D2,12D2;4D,5D,6D,7D,8D2,9D2,10D2,11D2;4D,5D,6D,7D;8D2,9D2,10D2,11D2. The molecule has 0 atom stereocenters. The molecule has 0 aliphatic carbocycles. The van der Waals surface area contributed by atoms with Crippen molar-refractivity contribution in [1.82, 2.24) is 94.1 Å². The SMILES string of the molecule is [2H]C1([2H])N(C(=O)C(=O)c2c[nH]c3c(OC)ncc(OC)c23)C([2H])([2H])C([2H])([2H])N(C(=O)c2ccccc2)C1([2H])[2H].[2H]c1c([2H])c(C(=O)N2C([2H])([2H])C([2H])([2H])N(C(=O)C(=O)c3c[nH]c4c(-n5ccnn5)ncc(OC)c34)C([2H])([2H])C2([2H])[2H])c([2H])c([2H])c1C.[2H]c1c([2H])c(C(=O)N2C([2H])([2H])C([2H])([2H])N(C(=O)C(=O)c3c[nH]c4c(OC)ncc(OC)c34)C([2H])([2H])C2([2H])[2H])c([2H])c([2H])c1C.[2H]c1c([2H])c(C(=O)N2CCN(C(=O)C(=O)c3c[nH]c4c(OC)ncc(OC)c34)CC2)c([2H])c([2H])c1C. The van der Waals surface area contributed by atoms with Crippen molar-refractivity contribution in [3.63, 3.8) is 0 Å². The van der Waals surface area contributed by atoms with Gasteiger partial charge in [0.05, 0.1) is 186 Å². The Balaban J connectivity index is 0.000000172. The smallest absolute Gasteiger partial charge is 0.295 e. The molecule has 0 unspecified atom stereocenters. The van der Waals surface area contributed by atoms with Gasteiger partial charge in [-0.15, -0.1) is 5.10 Å². The van der Waals surface area contributed by atoms with Gasteiger partial charge in [0.25, 0.3) is 70.4 Å². The number of nitrogens with one attached hydrogen (secondary N) is 4. The second-order valence-electron chi connectivity index (χ2n) is 26.8. The van der Waals surface area contributed by atoms with Crippen LogP contribution in [-0.4, -0.2) is 318 Å². The number of H-pyrrole nitrogens is 4. The number of benzene rings is 4. The molecule has 38 nitrogen and oxygen atoms in total. The lowest BCUT2D eigenvalue weighted by atomic mass is 10.1. The first kappa shape index (κ1) is 54.6. The van der Waals surface area contributed by atoms with Gasteiger partial charge in [-0.3, -0.25) is 57.5 Å². The third-order valence-corrected chi connectivity index (χ3v) is 19.1. The minimum absolute atomic E-state index is 0.00673. The Morgan fingerprint density at radius 3 is 0.915 bits per heavy atom. The van der Waals surface area contributed by atoms with E-state index in [1.54, 1.807) is 0 Å². The van der Waals surface area contributed by atoms with Gasteiger partial charge in [0.15, 0.2) is 5.82 Å². The summed E-state index contributed by atoms with van der Waals surface area (Å²) in [5.74, 6) is -17.6. The highest BCUT2D eigenvalue weighted by Crippen LogP contribution is 2.38. The van der Waals surface area contributed by atoms with Crippen molar-refractivity contribution in [1.29, 1.82) is 0 Å².